The minimum absolute atomic E-state index is 0.0357. The number of carbonyl (C=O) groups excluding carboxylic acids is 1. The van der Waals surface area contributed by atoms with Crippen LogP contribution in [0.1, 0.15) is 5.56 Å². The third-order valence-corrected chi connectivity index (χ3v) is 5.69. The first-order valence-electron chi connectivity index (χ1n) is 8.76. The Morgan fingerprint density at radius 1 is 0.931 bits per heavy atom. The van der Waals surface area contributed by atoms with E-state index in [1.807, 2.05) is 0 Å². The molecule has 0 unspecified atom stereocenters. The maximum Gasteiger partial charge on any atom is 0.244 e. The van der Waals surface area contributed by atoms with Crippen LogP contribution in [0, 0.1) is 5.82 Å². The van der Waals surface area contributed by atoms with Crippen LogP contribution in [0.25, 0.3) is 0 Å². The van der Waals surface area contributed by atoms with Crippen LogP contribution in [0.3, 0.4) is 0 Å². The number of aromatic hydroxyl groups is 1. The van der Waals surface area contributed by atoms with Gasteiger partial charge in [-0.15, -0.1) is 0 Å². The van der Waals surface area contributed by atoms with E-state index in [1.54, 1.807) is 42.5 Å². The van der Waals surface area contributed by atoms with Gasteiger partial charge in [-0.1, -0.05) is 54.6 Å². The smallest absolute Gasteiger partial charge is 0.244 e. The molecule has 0 aliphatic heterocycles. The summed E-state index contributed by atoms with van der Waals surface area (Å²) in [5, 5.41) is 12.4. The van der Waals surface area contributed by atoms with Crippen LogP contribution < -0.4 is 10.0 Å². The highest BCUT2D eigenvalue weighted by molar-refractivity contribution is 7.89. The molecule has 150 valence electrons. The third kappa shape index (κ3) is 5.18. The average Bonchev–Trinajstić information content (AvgIpc) is 2.70. The second-order valence-corrected chi connectivity index (χ2v) is 7.98. The van der Waals surface area contributed by atoms with Gasteiger partial charge in [0, 0.05) is 0 Å². The largest absolute Gasteiger partial charge is 0.506 e. The predicted octanol–water partition coefficient (Wildman–Crippen LogP) is 3.06. The predicted molar refractivity (Wildman–Crippen MR) is 107 cm³/mol. The second kappa shape index (κ2) is 8.85. The van der Waals surface area contributed by atoms with E-state index in [9.17, 15) is 22.7 Å². The van der Waals surface area contributed by atoms with E-state index in [4.69, 9.17) is 0 Å². The van der Waals surface area contributed by atoms with Crippen LogP contribution in [-0.4, -0.2) is 25.5 Å². The number of phenols is 1. The maximum atomic E-state index is 14.0. The quantitative estimate of drug-likeness (QED) is 0.518. The first-order chi connectivity index (χ1) is 13.9. The summed E-state index contributed by atoms with van der Waals surface area (Å²) in [6.45, 7) is 0. The topological polar surface area (TPSA) is 95.5 Å². The zero-order valence-electron chi connectivity index (χ0n) is 15.2. The number of amides is 1. The second-order valence-electron chi connectivity index (χ2n) is 6.30. The molecule has 0 aliphatic carbocycles. The molecule has 0 aliphatic rings. The molecule has 0 saturated carbocycles. The van der Waals surface area contributed by atoms with E-state index in [2.05, 4.69) is 10.0 Å². The Labute approximate surface area is 168 Å². The van der Waals surface area contributed by atoms with Crippen LogP contribution in [0.4, 0.5) is 10.1 Å². The molecule has 0 bridgehead atoms. The molecule has 0 heterocycles. The van der Waals surface area contributed by atoms with Gasteiger partial charge in [-0.2, -0.15) is 4.72 Å². The van der Waals surface area contributed by atoms with Gasteiger partial charge in [0.15, 0.2) is 0 Å². The molecule has 3 N–H and O–H groups in total. The number of anilines is 1. The summed E-state index contributed by atoms with van der Waals surface area (Å²) in [4.78, 5) is 12.3. The lowest BCUT2D eigenvalue weighted by molar-refractivity contribution is -0.117. The van der Waals surface area contributed by atoms with Crippen LogP contribution >= 0.6 is 0 Å². The number of nitrogens with one attached hydrogen (secondary N) is 2. The SMILES string of the molecule is O=C(Nc1ccccc1O)[C@@H](Cc1ccccc1)NS(=O)(=O)c1ccccc1F. The van der Waals surface area contributed by atoms with Gasteiger partial charge in [0.2, 0.25) is 15.9 Å². The standard InChI is InChI=1S/C21H19FN2O4S/c22-16-10-4-7-13-20(16)29(27,28)24-18(14-15-8-2-1-3-9-15)21(26)23-17-11-5-6-12-19(17)25/h1-13,18,24-25H,14H2,(H,23,26)/t18-/m1/s1. The molecule has 8 heteroatoms. The minimum Gasteiger partial charge on any atom is -0.506 e. The Kier molecular flexibility index (Phi) is 6.26. The minimum atomic E-state index is -4.31. The molecule has 3 aromatic rings. The fourth-order valence-electron chi connectivity index (χ4n) is 2.75. The Balaban J connectivity index is 1.89. The van der Waals surface area contributed by atoms with Gasteiger partial charge in [-0.3, -0.25) is 4.79 Å². The number of sulfonamides is 1. The van der Waals surface area contributed by atoms with Crippen molar-refractivity contribution in [3.05, 3.63) is 90.2 Å². The number of rotatable bonds is 7. The molecule has 6 nitrogen and oxygen atoms in total. The number of carbonyl (C=O) groups is 1. The molecule has 0 radical (unpaired) electrons. The number of hydrogen-bond acceptors (Lipinski definition) is 4. The number of halogens is 1. The van der Waals surface area contributed by atoms with Gasteiger partial charge in [0.25, 0.3) is 0 Å². The van der Waals surface area contributed by atoms with Crippen LogP contribution in [0.15, 0.2) is 83.8 Å². The summed E-state index contributed by atoms with van der Waals surface area (Å²) >= 11 is 0. The zero-order chi connectivity index (χ0) is 20.9. The summed E-state index contributed by atoms with van der Waals surface area (Å²) in [6.07, 6.45) is 0.0357. The molecular formula is C21H19FN2O4S. The van der Waals surface area contributed by atoms with Gasteiger partial charge in [-0.05, 0) is 36.2 Å². The number of phenolic OH excluding ortho intramolecular Hbond substituents is 1. The normalized spacial score (nSPS) is 12.3. The van der Waals surface area contributed by atoms with E-state index in [-0.39, 0.29) is 17.9 Å². The molecule has 3 rings (SSSR count). The summed E-state index contributed by atoms with van der Waals surface area (Å²) in [7, 11) is -4.31. The molecule has 0 aromatic heterocycles. The van der Waals surface area contributed by atoms with E-state index >= 15 is 0 Å². The van der Waals surface area contributed by atoms with Crippen molar-refractivity contribution in [3.63, 3.8) is 0 Å². The van der Waals surface area contributed by atoms with E-state index in [0.717, 1.165) is 12.1 Å². The third-order valence-electron chi connectivity index (χ3n) is 4.18. The molecule has 3 aromatic carbocycles. The van der Waals surface area contributed by atoms with Crippen molar-refractivity contribution >= 4 is 21.6 Å². The van der Waals surface area contributed by atoms with Crippen LogP contribution in [-0.2, 0) is 21.2 Å². The molecule has 0 fully saturated rings. The lowest BCUT2D eigenvalue weighted by atomic mass is 10.1. The number of benzene rings is 3. The first kappa shape index (κ1) is 20.5. The van der Waals surface area contributed by atoms with Crippen molar-refractivity contribution in [1.82, 2.24) is 4.72 Å². The van der Waals surface area contributed by atoms with E-state index in [0.29, 0.717) is 5.56 Å². The van der Waals surface area contributed by atoms with Crippen molar-refractivity contribution in [2.45, 2.75) is 17.4 Å². The Morgan fingerprint density at radius 2 is 1.55 bits per heavy atom. The number of hydrogen-bond donors (Lipinski definition) is 3. The van der Waals surface area contributed by atoms with Crippen molar-refractivity contribution in [2.75, 3.05) is 5.32 Å². The lowest BCUT2D eigenvalue weighted by Gasteiger charge is -2.19. The molecule has 1 amide bonds. The Morgan fingerprint density at radius 3 is 2.24 bits per heavy atom. The van der Waals surface area contributed by atoms with Gasteiger partial charge in [0.05, 0.1) is 5.69 Å². The highest BCUT2D eigenvalue weighted by atomic mass is 32.2. The summed E-state index contributed by atoms with van der Waals surface area (Å²) in [5.74, 6) is -1.76. The van der Waals surface area contributed by atoms with Gasteiger partial charge in [-0.25, -0.2) is 12.8 Å². The van der Waals surface area contributed by atoms with Crippen molar-refractivity contribution in [1.29, 1.82) is 0 Å². The molecule has 0 saturated heterocycles. The molecule has 29 heavy (non-hydrogen) atoms. The summed E-state index contributed by atoms with van der Waals surface area (Å²) < 4.78 is 41.7. The highest BCUT2D eigenvalue weighted by Crippen LogP contribution is 2.22. The van der Waals surface area contributed by atoms with Crippen LogP contribution in [0.2, 0.25) is 0 Å². The van der Waals surface area contributed by atoms with Crippen molar-refractivity contribution in [2.24, 2.45) is 0 Å². The summed E-state index contributed by atoms with van der Waals surface area (Å²) in [6, 6.07) is 18.6. The van der Waals surface area contributed by atoms with Crippen molar-refractivity contribution < 1.29 is 22.7 Å². The Hall–Kier alpha value is -3.23. The fourth-order valence-corrected chi connectivity index (χ4v) is 4.02. The van der Waals surface area contributed by atoms with Crippen molar-refractivity contribution in [3.8, 4) is 5.75 Å². The molecular weight excluding hydrogens is 395 g/mol. The van der Waals surface area contributed by atoms with Gasteiger partial charge in [0.1, 0.15) is 22.5 Å². The maximum absolute atomic E-state index is 14.0. The Bertz CT molecular complexity index is 1100. The lowest BCUT2D eigenvalue weighted by Crippen LogP contribution is -2.45. The van der Waals surface area contributed by atoms with Gasteiger partial charge < -0.3 is 10.4 Å². The molecule has 0 spiro atoms. The average molecular weight is 414 g/mol. The summed E-state index contributed by atoms with van der Waals surface area (Å²) in [5.41, 5.74) is 0.849. The first-order valence-corrected chi connectivity index (χ1v) is 10.2. The number of para-hydroxylation sites is 2. The monoisotopic (exact) mass is 414 g/mol. The fraction of sp³-hybridized carbons (Fsp3) is 0.0952. The van der Waals surface area contributed by atoms with E-state index < -0.39 is 32.7 Å². The zero-order valence-corrected chi connectivity index (χ0v) is 16.1. The van der Waals surface area contributed by atoms with Crippen LogP contribution in [0.5, 0.6) is 5.75 Å². The highest BCUT2D eigenvalue weighted by Gasteiger charge is 2.28. The van der Waals surface area contributed by atoms with Gasteiger partial charge >= 0.3 is 0 Å². The van der Waals surface area contributed by atoms with E-state index in [1.165, 1.54) is 24.3 Å². The molecule has 1 atom stereocenters.